The van der Waals surface area contributed by atoms with Crippen LogP contribution in [0.5, 0.6) is 0 Å². The second-order valence-corrected chi connectivity index (χ2v) is 3.31. The predicted octanol–water partition coefficient (Wildman–Crippen LogP) is 1.06. The highest BCUT2D eigenvalue weighted by atomic mass is 31.2. The minimum Gasteiger partial charge on any atom is -0.302 e. The topological polar surface area (TPSA) is 55.8 Å². The van der Waals surface area contributed by atoms with Crippen molar-refractivity contribution in [3.63, 3.8) is 0 Å². The van der Waals surface area contributed by atoms with E-state index in [2.05, 4.69) is 9.05 Å². The van der Waals surface area contributed by atoms with Crippen LogP contribution in [-0.2, 0) is 13.6 Å². The van der Waals surface area contributed by atoms with Crippen molar-refractivity contribution < 1.29 is 31.7 Å². The monoisotopic (exact) mass is 192 g/mol. The number of phosphoric ester groups is 1. The van der Waals surface area contributed by atoms with Gasteiger partial charge in [0.15, 0.2) is 6.10 Å². The Morgan fingerprint density at radius 1 is 1.55 bits per heavy atom. The summed E-state index contributed by atoms with van der Waals surface area (Å²) >= 11 is 0. The highest BCUT2D eigenvalue weighted by Gasteiger charge is 2.50. The van der Waals surface area contributed by atoms with E-state index in [4.69, 9.17) is 4.89 Å². The fraction of sp³-hybridized carbons (Fsp3) is 1.00. The summed E-state index contributed by atoms with van der Waals surface area (Å²) in [5.41, 5.74) is 0. The van der Waals surface area contributed by atoms with E-state index in [1.54, 1.807) is 0 Å². The normalized spacial score (nSPS) is 39.5. The number of rotatable bonds is 0. The van der Waals surface area contributed by atoms with Gasteiger partial charge in [-0.2, -0.15) is 13.2 Å². The van der Waals surface area contributed by atoms with Gasteiger partial charge in [-0.3, -0.25) is 9.05 Å². The number of hydrogen-bond acceptors (Lipinski definition) is 3. The molecule has 0 aliphatic carbocycles. The molecule has 0 saturated carbocycles. The number of alkyl halides is 3. The van der Waals surface area contributed by atoms with Crippen molar-refractivity contribution in [2.45, 2.75) is 12.3 Å². The molecular formula is C3H4F3O4P. The van der Waals surface area contributed by atoms with Crippen LogP contribution in [0, 0.1) is 0 Å². The highest BCUT2D eigenvalue weighted by molar-refractivity contribution is 7.47. The van der Waals surface area contributed by atoms with E-state index in [0.717, 1.165) is 0 Å². The Morgan fingerprint density at radius 3 is 2.27 bits per heavy atom. The van der Waals surface area contributed by atoms with Crippen molar-refractivity contribution >= 4 is 7.82 Å². The Labute approximate surface area is 59.5 Å². The van der Waals surface area contributed by atoms with Crippen molar-refractivity contribution in [3.05, 3.63) is 0 Å². The summed E-state index contributed by atoms with van der Waals surface area (Å²) < 4.78 is 52.8. The van der Waals surface area contributed by atoms with Gasteiger partial charge in [-0.15, -0.1) is 0 Å². The van der Waals surface area contributed by atoms with E-state index in [9.17, 15) is 17.7 Å². The minimum absolute atomic E-state index is 0.919. The molecule has 0 radical (unpaired) electrons. The summed E-state index contributed by atoms with van der Waals surface area (Å²) in [6.45, 7) is -0.919. The van der Waals surface area contributed by atoms with Crippen LogP contribution in [0.4, 0.5) is 13.2 Å². The maximum absolute atomic E-state index is 11.7. The van der Waals surface area contributed by atoms with Crippen molar-refractivity contribution in [2.75, 3.05) is 6.61 Å². The third-order valence-corrected chi connectivity index (χ3v) is 2.01. The second-order valence-electron chi connectivity index (χ2n) is 1.90. The lowest BCUT2D eigenvalue weighted by molar-refractivity contribution is -0.190. The SMILES string of the molecule is O=P1(O)OCC(C(F)(F)F)O1. The smallest absolute Gasteiger partial charge is 0.302 e. The predicted molar refractivity (Wildman–Crippen MR) is 26.7 cm³/mol. The molecule has 4 nitrogen and oxygen atoms in total. The molecule has 1 fully saturated rings. The van der Waals surface area contributed by atoms with Crippen molar-refractivity contribution in [3.8, 4) is 0 Å². The van der Waals surface area contributed by atoms with Crippen LogP contribution in [0.3, 0.4) is 0 Å². The molecule has 2 atom stereocenters. The van der Waals surface area contributed by atoms with Gasteiger partial charge in [0.05, 0.1) is 6.61 Å². The Hall–Kier alpha value is -0.100. The Kier molecular flexibility index (Phi) is 2.00. The van der Waals surface area contributed by atoms with Gasteiger partial charge < -0.3 is 4.89 Å². The fourth-order valence-electron chi connectivity index (χ4n) is 0.538. The third-order valence-electron chi connectivity index (χ3n) is 1.01. The van der Waals surface area contributed by atoms with Crippen LogP contribution in [0.2, 0.25) is 0 Å². The average Bonchev–Trinajstić information content (AvgIpc) is 2.07. The molecule has 0 aromatic rings. The highest BCUT2D eigenvalue weighted by Crippen LogP contribution is 2.52. The molecule has 1 N–H and O–H groups in total. The molecule has 0 spiro atoms. The largest absolute Gasteiger partial charge is 0.472 e. The lowest BCUT2D eigenvalue weighted by atomic mass is 10.4. The van der Waals surface area contributed by atoms with Crippen LogP contribution in [0.25, 0.3) is 0 Å². The zero-order valence-electron chi connectivity index (χ0n) is 5.04. The first-order chi connectivity index (χ1) is 4.81. The maximum atomic E-state index is 11.7. The van der Waals surface area contributed by atoms with Gasteiger partial charge in [0.2, 0.25) is 0 Å². The lowest BCUT2D eigenvalue weighted by Crippen LogP contribution is -2.30. The van der Waals surface area contributed by atoms with E-state index < -0.39 is 26.7 Å². The first kappa shape index (κ1) is 8.99. The molecule has 1 aliphatic rings. The Balaban J connectivity index is 2.63. The summed E-state index contributed by atoms with van der Waals surface area (Å²) in [5, 5.41) is 0. The fourth-order valence-corrected chi connectivity index (χ4v) is 1.42. The molecule has 0 amide bonds. The molecule has 1 saturated heterocycles. The van der Waals surface area contributed by atoms with Gasteiger partial charge in [0.25, 0.3) is 0 Å². The number of halogens is 3. The van der Waals surface area contributed by atoms with Crippen LogP contribution in [0.15, 0.2) is 0 Å². The Bertz CT molecular complexity index is 201. The van der Waals surface area contributed by atoms with Crippen LogP contribution in [0.1, 0.15) is 0 Å². The summed E-state index contributed by atoms with van der Waals surface area (Å²) in [6, 6.07) is 0. The number of phosphoric acid groups is 1. The Morgan fingerprint density at radius 2 is 2.09 bits per heavy atom. The van der Waals surface area contributed by atoms with Crippen LogP contribution in [-0.4, -0.2) is 23.8 Å². The van der Waals surface area contributed by atoms with Crippen molar-refractivity contribution in [1.82, 2.24) is 0 Å². The van der Waals surface area contributed by atoms with Gasteiger partial charge >= 0.3 is 14.0 Å². The van der Waals surface area contributed by atoms with Crippen molar-refractivity contribution in [2.24, 2.45) is 0 Å². The molecule has 8 heteroatoms. The van der Waals surface area contributed by atoms with E-state index >= 15 is 0 Å². The summed E-state index contributed by atoms with van der Waals surface area (Å²) in [6.07, 6.45) is -6.92. The molecule has 1 rings (SSSR count). The van der Waals surface area contributed by atoms with Crippen LogP contribution < -0.4 is 0 Å². The van der Waals surface area contributed by atoms with E-state index in [1.807, 2.05) is 0 Å². The van der Waals surface area contributed by atoms with Crippen molar-refractivity contribution in [1.29, 1.82) is 0 Å². The molecule has 2 unspecified atom stereocenters. The molecule has 11 heavy (non-hydrogen) atoms. The van der Waals surface area contributed by atoms with E-state index in [0.29, 0.717) is 0 Å². The molecule has 66 valence electrons. The first-order valence-electron chi connectivity index (χ1n) is 2.54. The molecule has 0 aromatic heterocycles. The summed E-state index contributed by atoms with van der Waals surface area (Å²) in [4.78, 5) is 8.34. The molecule has 0 aromatic carbocycles. The van der Waals surface area contributed by atoms with Gasteiger partial charge in [0, 0.05) is 0 Å². The number of hydrogen-bond donors (Lipinski definition) is 1. The zero-order valence-corrected chi connectivity index (χ0v) is 5.93. The lowest BCUT2D eigenvalue weighted by Gasteiger charge is -2.10. The third kappa shape index (κ3) is 2.16. The van der Waals surface area contributed by atoms with Crippen LogP contribution >= 0.6 is 7.82 Å². The van der Waals surface area contributed by atoms with E-state index in [-0.39, 0.29) is 0 Å². The second kappa shape index (κ2) is 2.45. The first-order valence-corrected chi connectivity index (χ1v) is 4.03. The summed E-state index contributed by atoms with van der Waals surface area (Å²) in [7, 11) is -4.42. The van der Waals surface area contributed by atoms with Gasteiger partial charge in [-0.1, -0.05) is 0 Å². The zero-order chi connectivity index (χ0) is 8.70. The standard InChI is InChI=1S/C3H4F3O4P/c4-3(5,6)2-1-9-11(7,8)10-2/h2H,1H2,(H,7,8). The maximum Gasteiger partial charge on any atom is 0.472 e. The van der Waals surface area contributed by atoms with E-state index in [1.165, 1.54) is 0 Å². The van der Waals surface area contributed by atoms with Gasteiger partial charge in [0.1, 0.15) is 0 Å². The molecular weight excluding hydrogens is 188 g/mol. The van der Waals surface area contributed by atoms with Gasteiger partial charge in [-0.25, -0.2) is 4.57 Å². The average molecular weight is 192 g/mol. The minimum atomic E-state index is -4.64. The quantitative estimate of drug-likeness (QED) is 0.583. The molecule has 1 heterocycles. The van der Waals surface area contributed by atoms with Gasteiger partial charge in [-0.05, 0) is 0 Å². The summed E-state index contributed by atoms with van der Waals surface area (Å²) in [5.74, 6) is 0. The molecule has 0 bridgehead atoms. The molecule has 1 aliphatic heterocycles.